The Morgan fingerprint density at radius 2 is 1.78 bits per heavy atom. The lowest BCUT2D eigenvalue weighted by Crippen LogP contribution is -2.23. The van der Waals surface area contributed by atoms with Crippen molar-refractivity contribution in [1.29, 1.82) is 0 Å². The van der Waals surface area contributed by atoms with Crippen molar-refractivity contribution in [3.8, 4) is 17.2 Å². The molecule has 0 radical (unpaired) electrons. The summed E-state index contributed by atoms with van der Waals surface area (Å²) in [4.78, 5) is 15.7. The SMILES string of the molecule is COc1ccc2oc(C(CCNCCc3cccc(OC(C)C(=O)O)c3)Oc3ccccc3)nc2c1. The van der Waals surface area contributed by atoms with E-state index in [0.717, 1.165) is 35.5 Å². The molecule has 0 bridgehead atoms. The van der Waals surface area contributed by atoms with Gasteiger partial charge in [0.2, 0.25) is 5.89 Å². The summed E-state index contributed by atoms with van der Waals surface area (Å²) < 4.78 is 23.0. The number of carbonyl (C=O) groups is 1. The van der Waals surface area contributed by atoms with Gasteiger partial charge in [-0.15, -0.1) is 0 Å². The number of ether oxygens (including phenoxy) is 3. The maximum absolute atomic E-state index is 11.0. The molecule has 0 saturated carbocycles. The van der Waals surface area contributed by atoms with Crippen LogP contribution in [0.1, 0.15) is 30.9 Å². The highest BCUT2D eigenvalue weighted by atomic mass is 16.5. The van der Waals surface area contributed by atoms with Crippen molar-refractivity contribution in [1.82, 2.24) is 10.3 Å². The number of para-hydroxylation sites is 1. The number of oxazole rings is 1. The second kappa shape index (κ2) is 12.1. The lowest BCUT2D eigenvalue weighted by Gasteiger charge is -2.16. The number of carboxylic acid groups (broad SMARTS) is 1. The largest absolute Gasteiger partial charge is 0.497 e. The number of hydrogen-bond donors (Lipinski definition) is 2. The molecule has 8 heteroatoms. The van der Waals surface area contributed by atoms with E-state index < -0.39 is 12.1 Å². The lowest BCUT2D eigenvalue weighted by atomic mass is 10.1. The van der Waals surface area contributed by atoms with E-state index in [1.54, 1.807) is 13.2 Å². The summed E-state index contributed by atoms with van der Waals surface area (Å²) in [5.74, 6) is 1.53. The molecule has 0 aliphatic carbocycles. The van der Waals surface area contributed by atoms with E-state index in [4.69, 9.17) is 23.7 Å². The van der Waals surface area contributed by atoms with Gasteiger partial charge >= 0.3 is 5.97 Å². The number of nitrogens with zero attached hydrogens (tertiary/aromatic N) is 1. The summed E-state index contributed by atoms with van der Waals surface area (Å²) in [6.07, 6.45) is 0.157. The summed E-state index contributed by atoms with van der Waals surface area (Å²) in [6.45, 7) is 2.93. The zero-order valence-corrected chi connectivity index (χ0v) is 20.3. The number of methoxy groups -OCH3 is 1. The van der Waals surface area contributed by atoms with Crippen LogP contribution in [0.3, 0.4) is 0 Å². The van der Waals surface area contributed by atoms with Gasteiger partial charge in [-0.05, 0) is 68.4 Å². The standard InChI is InChI=1S/C28H30N2O6/c1-19(28(31)32)34-23-10-6-7-20(17-23)13-15-29-16-14-26(35-21-8-4-3-5-9-21)27-30-24-18-22(33-2)11-12-25(24)36-27/h3-12,17-19,26,29H,13-16H2,1-2H3,(H,31,32). The molecular formula is C28H30N2O6. The molecule has 0 aliphatic heterocycles. The fraction of sp³-hybridized carbons (Fsp3) is 0.286. The third-order valence-electron chi connectivity index (χ3n) is 5.64. The van der Waals surface area contributed by atoms with Gasteiger partial charge in [0.05, 0.1) is 7.11 Å². The average Bonchev–Trinajstić information content (AvgIpc) is 3.32. The van der Waals surface area contributed by atoms with Crippen LogP contribution in [0.25, 0.3) is 11.1 Å². The van der Waals surface area contributed by atoms with Crippen LogP contribution in [-0.4, -0.2) is 42.4 Å². The maximum Gasteiger partial charge on any atom is 0.344 e. The monoisotopic (exact) mass is 490 g/mol. The van der Waals surface area contributed by atoms with Crippen molar-refractivity contribution in [2.24, 2.45) is 0 Å². The van der Waals surface area contributed by atoms with E-state index in [0.29, 0.717) is 30.2 Å². The molecule has 2 atom stereocenters. The van der Waals surface area contributed by atoms with Gasteiger partial charge < -0.3 is 29.1 Å². The van der Waals surface area contributed by atoms with Gasteiger partial charge in [-0.25, -0.2) is 9.78 Å². The molecule has 3 aromatic carbocycles. The number of fused-ring (bicyclic) bond motifs is 1. The van der Waals surface area contributed by atoms with Gasteiger partial charge in [0.15, 0.2) is 17.8 Å². The molecule has 2 unspecified atom stereocenters. The summed E-state index contributed by atoms with van der Waals surface area (Å²) in [5.41, 5.74) is 2.46. The number of hydrogen-bond acceptors (Lipinski definition) is 7. The molecule has 2 N–H and O–H groups in total. The predicted octanol–water partition coefficient (Wildman–Crippen LogP) is 5.03. The fourth-order valence-corrected chi connectivity index (χ4v) is 3.71. The van der Waals surface area contributed by atoms with Gasteiger partial charge in [0.25, 0.3) is 0 Å². The Balaban J connectivity index is 1.36. The molecule has 0 fully saturated rings. The van der Waals surface area contributed by atoms with Crippen LogP contribution in [-0.2, 0) is 11.2 Å². The minimum atomic E-state index is -0.993. The number of rotatable bonds is 13. The molecule has 1 heterocycles. The molecular weight excluding hydrogens is 460 g/mol. The Kier molecular flexibility index (Phi) is 8.41. The number of aromatic nitrogens is 1. The van der Waals surface area contributed by atoms with E-state index in [1.165, 1.54) is 6.92 Å². The molecule has 188 valence electrons. The topological polar surface area (TPSA) is 103 Å². The molecule has 0 amide bonds. The van der Waals surface area contributed by atoms with Crippen molar-refractivity contribution >= 4 is 17.1 Å². The number of benzene rings is 3. The van der Waals surface area contributed by atoms with Crippen molar-refractivity contribution in [2.45, 2.75) is 32.0 Å². The molecule has 4 aromatic rings. The molecule has 36 heavy (non-hydrogen) atoms. The summed E-state index contributed by atoms with van der Waals surface area (Å²) >= 11 is 0. The second-order valence-electron chi connectivity index (χ2n) is 8.34. The summed E-state index contributed by atoms with van der Waals surface area (Å²) in [7, 11) is 1.62. The Labute approximate surface area is 209 Å². The van der Waals surface area contributed by atoms with Crippen molar-refractivity contribution in [3.63, 3.8) is 0 Å². The first kappa shape index (κ1) is 25.1. The predicted molar refractivity (Wildman–Crippen MR) is 136 cm³/mol. The van der Waals surface area contributed by atoms with Crippen LogP contribution in [0.2, 0.25) is 0 Å². The van der Waals surface area contributed by atoms with Crippen LogP contribution in [0, 0.1) is 0 Å². The first-order chi connectivity index (χ1) is 17.5. The summed E-state index contributed by atoms with van der Waals surface area (Å²) in [5, 5.41) is 12.5. The molecule has 1 aromatic heterocycles. The van der Waals surface area contributed by atoms with Crippen molar-refractivity contribution < 1.29 is 28.5 Å². The van der Waals surface area contributed by atoms with Crippen molar-refractivity contribution in [3.05, 3.63) is 84.3 Å². The van der Waals surface area contributed by atoms with Crippen LogP contribution in [0.15, 0.2) is 77.2 Å². The second-order valence-corrected chi connectivity index (χ2v) is 8.34. The minimum Gasteiger partial charge on any atom is -0.497 e. The smallest absolute Gasteiger partial charge is 0.344 e. The molecule has 0 aliphatic rings. The third-order valence-corrected chi connectivity index (χ3v) is 5.64. The molecule has 0 saturated heterocycles. The van der Waals surface area contributed by atoms with Gasteiger partial charge in [-0.1, -0.05) is 30.3 Å². The van der Waals surface area contributed by atoms with Crippen LogP contribution >= 0.6 is 0 Å². The highest BCUT2D eigenvalue weighted by Crippen LogP contribution is 2.28. The van der Waals surface area contributed by atoms with Crippen LogP contribution < -0.4 is 19.5 Å². The van der Waals surface area contributed by atoms with E-state index in [2.05, 4.69) is 10.3 Å². The maximum atomic E-state index is 11.0. The fourth-order valence-electron chi connectivity index (χ4n) is 3.71. The van der Waals surface area contributed by atoms with Gasteiger partial charge in [-0.2, -0.15) is 0 Å². The zero-order chi connectivity index (χ0) is 25.3. The van der Waals surface area contributed by atoms with Gasteiger partial charge in [0, 0.05) is 12.5 Å². The molecule has 8 nitrogen and oxygen atoms in total. The molecule has 4 rings (SSSR count). The Hall–Kier alpha value is -4.04. The normalized spacial score (nSPS) is 12.7. The minimum absolute atomic E-state index is 0.368. The molecule has 0 spiro atoms. The average molecular weight is 491 g/mol. The highest BCUT2D eigenvalue weighted by molar-refractivity contribution is 5.74. The van der Waals surface area contributed by atoms with Crippen LogP contribution in [0.5, 0.6) is 17.2 Å². The first-order valence-corrected chi connectivity index (χ1v) is 11.9. The third kappa shape index (κ3) is 6.76. The number of aliphatic carboxylic acids is 1. The van der Waals surface area contributed by atoms with E-state index in [1.807, 2.05) is 66.7 Å². The Morgan fingerprint density at radius 1 is 0.972 bits per heavy atom. The quantitative estimate of drug-likeness (QED) is 0.252. The van der Waals surface area contributed by atoms with E-state index in [9.17, 15) is 4.79 Å². The van der Waals surface area contributed by atoms with Crippen LogP contribution in [0.4, 0.5) is 0 Å². The number of nitrogens with one attached hydrogen (secondary N) is 1. The Bertz CT molecular complexity index is 1270. The number of carboxylic acids is 1. The Morgan fingerprint density at radius 3 is 2.56 bits per heavy atom. The van der Waals surface area contributed by atoms with Gasteiger partial charge in [-0.3, -0.25) is 0 Å². The first-order valence-electron chi connectivity index (χ1n) is 11.9. The van der Waals surface area contributed by atoms with E-state index in [-0.39, 0.29) is 6.10 Å². The highest BCUT2D eigenvalue weighted by Gasteiger charge is 2.20. The lowest BCUT2D eigenvalue weighted by molar-refractivity contribution is -0.144. The zero-order valence-electron chi connectivity index (χ0n) is 20.3. The summed E-state index contributed by atoms with van der Waals surface area (Å²) in [6, 6.07) is 22.6. The van der Waals surface area contributed by atoms with E-state index >= 15 is 0 Å². The van der Waals surface area contributed by atoms with Crippen molar-refractivity contribution in [2.75, 3.05) is 20.2 Å². The van der Waals surface area contributed by atoms with Gasteiger partial charge in [0.1, 0.15) is 22.8 Å².